The van der Waals surface area contributed by atoms with E-state index >= 15 is 0 Å². The van der Waals surface area contributed by atoms with E-state index in [2.05, 4.69) is 11.9 Å². The van der Waals surface area contributed by atoms with Gasteiger partial charge in [-0.25, -0.2) is 0 Å². The minimum Gasteiger partial charge on any atom is -0.396 e. The highest BCUT2D eigenvalue weighted by molar-refractivity contribution is 5.97. The maximum atomic E-state index is 12.8. The second kappa shape index (κ2) is 6.53. The molecule has 0 unspecified atom stereocenters. The Morgan fingerprint density at radius 3 is 2.50 bits per heavy atom. The molecule has 2 saturated heterocycles. The first-order valence-electron chi connectivity index (χ1n) is 8.47. The molecule has 3 rings (SSSR count). The summed E-state index contributed by atoms with van der Waals surface area (Å²) in [5, 5.41) is 9.95. The standard InChI is InChI=1S/C18H25N3O3/c1-20-9-2-7-18(12-22)8-10-21(11-15(18)20)17(24)14-5-3-13(4-6-14)16(19)23/h3-6,15,22H,2,7-12H2,1H3,(H2,19,23)/t15-,18-/m1/s1. The molecule has 2 aliphatic rings. The number of carbonyl (C=O) groups excluding carboxylic acids is 2. The highest BCUT2D eigenvalue weighted by Crippen LogP contribution is 2.41. The molecular formula is C18H25N3O3. The predicted molar refractivity (Wildman–Crippen MR) is 90.7 cm³/mol. The fourth-order valence-corrected chi connectivity index (χ4v) is 4.16. The zero-order chi connectivity index (χ0) is 17.3. The molecule has 24 heavy (non-hydrogen) atoms. The van der Waals surface area contributed by atoms with Gasteiger partial charge in [0, 0.05) is 35.7 Å². The number of aliphatic hydroxyl groups excluding tert-OH is 1. The zero-order valence-corrected chi connectivity index (χ0v) is 14.1. The lowest BCUT2D eigenvalue weighted by Crippen LogP contribution is -2.62. The van der Waals surface area contributed by atoms with E-state index in [0.717, 1.165) is 25.8 Å². The maximum Gasteiger partial charge on any atom is 0.253 e. The average Bonchev–Trinajstić information content (AvgIpc) is 2.61. The molecular weight excluding hydrogens is 306 g/mol. The van der Waals surface area contributed by atoms with Crippen LogP contribution in [0.2, 0.25) is 0 Å². The third kappa shape index (κ3) is 2.91. The number of hydrogen-bond donors (Lipinski definition) is 2. The zero-order valence-electron chi connectivity index (χ0n) is 14.1. The highest BCUT2D eigenvalue weighted by Gasteiger charge is 2.47. The van der Waals surface area contributed by atoms with Gasteiger partial charge in [-0.05, 0) is 57.1 Å². The molecule has 6 heteroatoms. The number of fused-ring (bicyclic) bond motifs is 1. The van der Waals surface area contributed by atoms with Crippen molar-refractivity contribution in [2.45, 2.75) is 25.3 Å². The molecule has 1 aromatic rings. The van der Waals surface area contributed by atoms with Gasteiger partial charge in [-0.15, -0.1) is 0 Å². The van der Waals surface area contributed by atoms with Crippen LogP contribution in [0.3, 0.4) is 0 Å². The van der Waals surface area contributed by atoms with Crippen molar-refractivity contribution in [3.05, 3.63) is 35.4 Å². The predicted octanol–water partition coefficient (Wildman–Crippen LogP) is 0.704. The van der Waals surface area contributed by atoms with E-state index in [1.807, 2.05) is 4.90 Å². The number of likely N-dealkylation sites (N-methyl/N-ethyl adjacent to an activating group) is 1. The molecule has 6 nitrogen and oxygen atoms in total. The van der Waals surface area contributed by atoms with Crippen LogP contribution in [0.25, 0.3) is 0 Å². The SMILES string of the molecule is CN1CCC[C@]2(CO)CCN(C(=O)c3ccc(C(N)=O)cc3)C[C@@H]12. The van der Waals surface area contributed by atoms with Crippen molar-refractivity contribution in [3.63, 3.8) is 0 Å². The Balaban J connectivity index is 1.76. The van der Waals surface area contributed by atoms with Gasteiger partial charge in [0.15, 0.2) is 0 Å². The molecule has 2 aliphatic heterocycles. The molecule has 2 heterocycles. The van der Waals surface area contributed by atoms with Gasteiger partial charge in [-0.2, -0.15) is 0 Å². The number of rotatable bonds is 3. The van der Waals surface area contributed by atoms with Crippen molar-refractivity contribution < 1.29 is 14.7 Å². The van der Waals surface area contributed by atoms with Crippen LogP contribution >= 0.6 is 0 Å². The van der Waals surface area contributed by atoms with E-state index in [-0.39, 0.29) is 24.0 Å². The van der Waals surface area contributed by atoms with Gasteiger partial charge in [0.05, 0.1) is 6.61 Å². The van der Waals surface area contributed by atoms with Crippen molar-refractivity contribution in [1.29, 1.82) is 0 Å². The van der Waals surface area contributed by atoms with Gasteiger partial charge in [0.1, 0.15) is 0 Å². The van der Waals surface area contributed by atoms with Gasteiger partial charge in [-0.3, -0.25) is 9.59 Å². The van der Waals surface area contributed by atoms with Crippen LogP contribution in [-0.4, -0.2) is 66.1 Å². The van der Waals surface area contributed by atoms with Crippen molar-refractivity contribution in [1.82, 2.24) is 9.80 Å². The quantitative estimate of drug-likeness (QED) is 0.854. The Morgan fingerprint density at radius 2 is 1.88 bits per heavy atom. The second-order valence-corrected chi connectivity index (χ2v) is 7.06. The molecule has 130 valence electrons. The number of carbonyl (C=O) groups is 2. The molecule has 0 aromatic heterocycles. The largest absolute Gasteiger partial charge is 0.396 e. The van der Waals surface area contributed by atoms with Crippen LogP contribution < -0.4 is 5.73 Å². The van der Waals surface area contributed by atoms with Crippen LogP contribution in [0.15, 0.2) is 24.3 Å². The Morgan fingerprint density at radius 1 is 1.21 bits per heavy atom. The summed E-state index contributed by atoms with van der Waals surface area (Å²) >= 11 is 0. The first kappa shape index (κ1) is 16.9. The average molecular weight is 331 g/mol. The summed E-state index contributed by atoms with van der Waals surface area (Å²) in [5.41, 5.74) is 6.12. The van der Waals surface area contributed by atoms with Gasteiger partial charge >= 0.3 is 0 Å². The van der Waals surface area contributed by atoms with Gasteiger partial charge < -0.3 is 20.6 Å². The normalized spacial score (nSPS) is 27.6. The Labute approximate surface area is 142 Å². The number of piperidine rings is 2. The van der Waals surface area contributed by atoms with Crippen LogP contribution in [0.4, 0.5) is 0 Å². The number of hydrogen-bond acceptors (Lipinski definition) is 4. The summed E-state index contributed by atoms with van der Waals surface area (Å²) in [6.45, 7) is 2.47. The topological polar surface area (TPSA) is 86.9 Å². The van der Waals surface area contributed by atoms with E-state index in [9.17, 15) is 14.7 Å². The number of nitrogens with two attached hydrogens (primary N) is 1. The number of likely N-dealkylation sites (tertiary alicyclic amines) is 2. The first-order valence-corrected chi connectivity index (χ1v) is 8.47. The number of amides is 2. The smallest absolute Gasteiger partial charge is 0.253 e. The van der Waals surface area contributed by atoms with Crippen LogP contribution in [-0.2, 0) is 0 Å². The minimum atomic E-state index is -0.497. The van der Waals surface area contributed by atoms with Gasteiger partial charge in [0.2, 0.25) is 5.91 Å². The fourth-order valence-electron chi connectivity index (χ4n) is 4.16. The van der Waals surface area contributed by atoms with E-state index in [1.54, 1.807) is 24.3 Å². The summed E-state index contributed by atoms with van der Waals surface area (Å²) < 4.78 is 0. The molecule has 2 fully saturated rings. The fraction of sp³-hybridized carbons (Fsp3) is 0.556. The van der Waals surface area contributed by atoms with Crippen molar-refractivity contribution in [2.24, 2.45) is 11.1 Å². The number of aliphatic hydroxyl groups is 1. The second-order valence-electron chi connectivity index (χ2n) is 7.06. The number of primary amides is 1. The molecule has 0 spiro atoms. The van der Waals surface area contributed by atoms with Crippen molar-refractivity contribution in [2.75, 3.05) is 33.3 Å². The molecule has 3 N–H and O–H groups in total. The monoisotopic (exact) mass is 331 g/mol. The molecule has 2 amide bonds. The summed E-state index contributed by atoms with van der Waals surface area (Å²) in [7, 11) is 2.07. The molecule has 0 saturated carbocycles. The Bertz CT molecular complexity index is 631. The molecule has 1 aromatic carbocycles. The summed E-state index contributed by atoms with van der Waals surface area (Å²) in [6.07, 6.45) is 2.94. The molecule has 0 bridgehead atoms. The van der Waals surface area contributed by atoms with E-state index in [4.69, 9.17) is 5.73 Å². The molecule has 0 aliphatic carbocycles. The van der Waals surface area contributed by atoms with Gasteiger partial charge in [0.25, 0.3) is 5.91 Å². The first-order chi connectivity index (χ1) is 11.5. The third-order valence-electron chi connectivity index (χ3n) is 5.72. The van der Waals surface area contributed by atoms with Crippen LogP contribution in [0.5, 0.6) is 0 Å². The lowest BCUT2D eigenvalue weighted by molar-refractivity contribution is -0.0601. The van der Waals surface area contributed by atoms with Crippen LogP contribution in [0.1, 0.15) is 40.0 Å². The van der Waals surface area contributed by atoms with Crippen molar-refractivity contribution in [3.8, 4) is 0 Å². The third-order valence-corrected chi connectivity index (χ3v) is 5.72. The van der Waals surface area contributed by atoms with Gasteiger partial charge in [-0.1, -0.05) is 0 Å². The lowest BCUT2D eigenvalue weighted by Gasteiger charge is -2.53. The summed E-state index contributed by atoms with van der Waals surface area (Å²) in [6, 6.07) is 6.68. The lowest BCUT2D eigenvalue weighted by atomic mass is 9.69. The minimum absolute atomic E-state index is 0.0310. The number of nitrogens with zero attached hydrogens (tertiary/aromatic N) is 2. The van der Waals surface area contributed by atoms with E-state index in [0.29, 0.717) is 24.2 Å². The Kier molecular flexibility index (Phi) is 4.60. The summed E-state index contributed by atoms with van der Waals surface area (Å²) in [4.78, 5) is 28.1. The Hall–Kier alpha value is -1.92. The van der Waals surface area contributed by atoms with E-state index in [1.165, 1.54) is 0 Å². The number of benzene rings is 1. The maximum absolute atomic E-state index is 12.8. The summed E-state index contributed by atoms with van der Waals surface area (Å²) in [5.74, 6) is -0.528. The molecule has 0 radical (unpaired) electrons. The molecule has 2 atom stereocenters. The van der Waals surface area contributed by atoms with E-state index < -0.39 is 5.91 Å². The highest BCUT2D eigenvalue weighted by atomic mass is 16.3. The van der Waals surface area contributed by atoms with Crippen LogP contribution in [0, 0.1) is 5.41 Å². The van der Waals surface area contributed by atoms with Crippen molar-refractivity contribution >= 4 is 11.8 Å².